The van der Waals surface area contributed by atoms with Crippen molar-refractivity contribution in [1.29, 1.82) is 0 Å². The summed E-state index contributed by atoms with van der Waals surface area (Å²) >= 11 is 0. The first kappa shape index (κ1) is 16.5. The summed E-state index contributed by atoms with van der Waals surface area (Å²) in [4.78, 5) is 0. The molecule has 0 aromatic carbocycles. The molecule has 0 N–H and O–H groups in total. The van der Waals surface area contributed by atoms with Crippen LogP contribution in [0.1, 0.15) is 12.8 Å². The second-order valence-corrected chi connectivity index (χ2v) is 1.44. The molecule has 0 amide bonds. The third-order valence-electron chi connectivity index (χ3n) is 0.752. The SMILES string of the molecule is C=CCC([O-])C[CH2-].[Li+].[Li+]. The van der Waals surface area contributed by atoms with Crippen molar-refractivity contribution in [2.75, 3.05) is 0 Å². The monoisotopic (exact) mass is 112 g/mol. The third kappa shape index (κ3) is 12.2. The first-order valence-corrected chi connectivity index (χ1v) is 2.37. The van der Waals surface area contributed by atoms with Crippen molar-refractivity contribution in [2.45, 2.75) is 18.9 Å². The minimum Gasteiger partial charge on any atom is -0.854 e. The molecule has 0 saturated heterocycles. The van der Waals surface area contributed by atoms with Crippen LogP contribution >= 0.6 is 0 Å². The van der Waals surface area contributed by atoms with Gasteiger partial charge in [-0.3, -0.25) is 0 Å². The Hall–Kier alpha value is 0.895. The molecule has 9 heavy (non-hydrogen) atoms. The fraction of sp³-hybridized carbons (Fsp3) is 0.500. The molecule has 0 aliphatic heterocycles. The molecule has 1 nitrogen and oxygen atoms in total. The Kier molecular flexibility index (Phi) is 21.3. The van der Waals surface area contributed by atoms with Gasteiger partial charge in [0.05, 0.1) is 0 Å². The van der Waals surface area contributed by atoms with Gasteiger partial charge in [-0.05, 0) is 0 Å². The maximum atomic E-state index is 10.4. The Morgan fingerprint density at radius 2 is 2.00 bits per heavy atom. The summed E-state index contributed by atoms with van der Waals surface area (Å²) in [5.74, 6) is 0. The topological polar surface area (TPSA) is 23.1 Å². The zero-order valence-corrected chi connectivity index (χ0v) is 6.39. The van der Waals surface area contributed by atoms with Gasteiger partial charge in [-0.15, -0.1) is 6.58 Å². The molecule has 0 aliphatic rings. The molecule has 0 radical (unpaired) electrons. The summed E-state index contributed by atoms with van der Waals surface area (Å²) in [6.45, 7) is 6.86. The molecule has 0 aliphatic carbocycles. The van der Waals surface area contributed by atoms with Crippen molar-refractivity contribution in [3.8, 4) is 0 Å². The molecule has 0 rings (SSSR count). The average Bonchev–Trinajstić information content (AvgIpc) is 1.68. The van der Waals surface area contributed by atoms with Crippen molar-refractivity contribution in [3.05, 3.63) is 19.6 Å². The van der Waals surface area contributed by atoms with Crippen LogP contribution in [0.5, 0.6) is 0 Å². The molecule has 0 heterocycles. The fourth-order valence-electron chi connectivity index (χ4n) is 0.304. The predicted octanol–water partition coefficient (Wildman–Crippen LogP) is -5.48. The van der Waals surface area contributed by atoms with Crippen LogP contribution in [0.4, 0.5) is 0 Å². The van der Waals surface area contributed by atoms with Gasteiger partial charge in [0.2, 0.25) is 0 Å². The number of hydrogen-bond donors (Lipinski definition) is 0. The van der Waals surface area contributed by atoms with Crippen molar-refractivity contribution in [3.63, 3.8) is 0 Å². The average molecular weight is 112 g/mol. The van der Waals surface area contributed by atoms with Crippen molar-refractivity contribution < 1.29 is 42.8 Å². The Bertz CT molecular complexity index is 57.0. The Morgan fingerprint density at radius 3 is 2.11 bits per heavy atom. The Morgan fingerprint density at radius 1 is 1.56 bits per heavy atom. The Labute approximate surface area is 81.3 Å². The van der Waals surface area contributed by atoms with Crippen LogP contribution in [0.3, 0.4) is 0 Å². The Balaban J connectivity index is -0.000000180. The van der Waals surface area contributed by atoms with Crippen LogP contribution < -0.4 is 42.8 Å². The van der Waals surface area contributed by atoms with Crippen LogP contribution in [0, 0.1) is 6.92 Å². The van der Waals surface area contributed by atoms with E-state index in [1.54, 1.807) is 6.08 Å². The van der Waals surface area contributed by atoms with Gasteiger partial charge < -0.3 is 12.0 Å². The molecular weight excluding hydrogens is 102 g/mol. The van der Waals surface area contributed by atoms with Gasteiger partial charge in [-0.25, -0.2) is 0 Å². The first-order chi connectivity index (χ1) is 3.31. The normalized spacial score (nSPS) is 10.4. The zero-order chi connectivity index (χ0) is 5.70. The molecule has 3 heteroatoms. The van der Waals surface area contributed by atoms with E-state index in [0.29, 0.717) is 12.8 Å². The van der Waals surface area contributed by atoms with Crippen LogP contribution in [0.15, 0.2) is 12.7 Å². The summed E-state index contributed by atoms with van der Waals surface area (Å²) in [6.07, 6.45) is 2.11. The van der Waals surface area contributed by atoms with Crippen LogP contribution in [-0.2, 0) is 0 Å². The molecule has 42 valence electrons. The van der Waals surface area contributed by atoms with Crippen LogP contribution in [0.2, 0.25) is 0 Å². The van der Waals surface area contributed by atoms with E-state index in [1.807, 2.05) is 0 Å². The van der Waals surface area contributed by atoms with Crippen molar-refractivity contribution >= 4 is 0 Å². The van der Waals surface area contributed by atoms with Gasteiger partial charge in [-0.2, -0.15) is 12.5 Å². The van der Waals surface area contributed by atoms with Crippen LogP contribution in [-0.4, -0.2) is 6.10 Å². The zero-order valence-electron chi connectivity index (χ0n) is 6.39. The maximum Gasteiger partial charge on any atom is 1.00 e. The van der Waals surface area contributed by atoms with E-state index >= 15 is 0 Å². The van der Waals surface area contributed by atoms with Gasteiger partial charge in [0.25, 0.3) is 0 Å². The third-order valence-corrected chi connectivity index (χ3v) is 0.752. The molecule has 0 spiro atoms. The molecule has 0 fully saturated rings. The van der Waals surface area contributed by atoms with E-state index in [1.165, 1.54) is 0 Å². The standard InChI is InChI=1S/C6H10O.2Li/c1-3-5-6(7)4-2;;/h3,6H,1-2,4-5H2;;/q-2;2*+1. The summed E-state index contributed by atoms with van der Waals surface area (Å²) in [5.41, 5.74) is 0. The smallest absolute Gasteiger partial charge is 0.854 e. The molecule has 0 bridgehead atoms. The van der Waals surface area contributed by atoms with E-state index < -0.39 is 6.10 Å². The van der Waals surface area contributed by atoms with Gasteiger partial charge in [0, 0.05) is 0 Å². The minimum absolute atomic E-state index is 0. The molecule has 1 atom stereocenters. The van der Waals surface area contributed by atoms with Gasteiger partial charge >= 0.3 is 37.7 Å². The summed E-state index contributed by atoms with van der Waals surface area (Å²) < 4.78 is 0. The fourth-order valence-corrected chi connectivity index (χ4v) is 0.304. The van der Waals surface area contributed by atoms with E-state index in [9.17, 15) is 5.11 Å². The van der Waals surface area contributed by atoms with Gasteiger partial charge in [-0.1, -0.05) is 12.5 Å². The van der Waals surface area contributed by atoms with Gasteiger partial charge in [0.15, 0.2) is 0 Å². The van der Waals surface area contributed by atoms with Gasteiger partial charge in [0.1, 0.15) is 0 Å². The predicted molar refractivity (Wildman–Crippen MR) is 28.6 cm³/mol. The molecule has 0 aromatic rings. The molecule has 0 saturated carbocycles. The number of rotatable bonds is 3. The molecule has 0 aromatic heterocycles. The largest absolute Gasteiger partial charge is 1.00 e. The first-order valence-electron chi connectivity index (χ1n) is 2.37. The van der Waals surface area contributed by atoms with E-state index in [0.717, 1.165) is 0 Å². The second-order valence-electron chi connectivity index (χ2n) is 1.44. The second kappa shape index (κ2) is 11.7. The number of hydrogen-bond acceptors (Lipinski definition) is 1. The summed E-state index contributed by atoms with van der Waals surface area (Å²) in [5, 5.41) is 10.4. The van der Waals surface area contributed by atoms with E-state index in [-0.39, 0.29) is 37.7 Å². The van der Waals surface area contributed by atoms with E-state index in [4.69, 9.17) is 0 Å². The maximum absolute atomic E-state index is 10.4. The quantitative estimate of drug-likeness (QED) is 0.203. The molecule has 1 unspecified atom stereocenters. The van der Waals surface area contributed by atoms with Crippen molar-refractivity contribution in [1.82, 2.24) is 0 Å². The van der Waals surface area contributed by atoms with Crippen LogP contribution in [0.25, 0.3) is 0 Å². The molecular formula is C6H10Li2O. The van der Waals surface area contributed by atoms with Crippen molar-refractivity contribution in [2.24, 2.45) is 0 Å². The summed E-state index contributed by atoms with van der Waals surface area (Å²) in [6, 6.07) is 0. The summed E-state index contributed by atoms with van der Waals surface area (Å²) in [7, 11) is 0. The minimum atomic E-state index is -0.530. The van der Waals surface area contributed by atoms with E-state index in [2.05, 4.69) is 13.5 Å².